The SMILES string of the molecule is Cc1cccc(NC(=O)c2cccc(C(=O)NCc3ccc(Cl)cc3)n2)c1C. The molecule has 0 atom stereocenters. The average Bonchev–Trinajstić information content (AvgIpc) is 2.71. The summed E-state index contributed by atoms with van der Waals surface area (Å²) < 4.78 is 0. The van der Waals surface area contributed by atoms with Gasteiger partial charge in [0, 0.05) is 17.3 Å². The van der Waals surface area contributed by atoms with Crippen LogP contribution in [0.3, 0.4) is 0 Å². The van der Waals surface area contributed by atoms with E-state index in [1.54, 1.807) is 30.3 Å². The molecule has 1 aromatic heterocycles. The molecule has 142 valence electrons. The fraction of sp³-hybridized carbons (Fsp3) is 0.136. The lowest BCUT2D eigenvalue weighted by molar-refractivity contribution is 0.0945. The molecule has 0 aliphatic heterocycles. The van der Waals surface area contributed by atoms with Gasteiger partial charge in [-0.05, 0) is 60.9 Å². The molecular weight excluding hydrogens is 374 g/mol. The summed E-state index contributed by atoms with van der Waals surface area (Å²) in [4.78, 5) is 29.1. The maximum absolute atomic E-state index is 12.5. The number of anilines is 1. The summed E-state index contributed by atoms with van der Waals surface area (Å²) in [6.45, 7) is 4.27. The number of amides is 2. The summed E-state index contributed by atoms with van der Waals surface area (Å²) in [6.07, 6.45) is 0. The van der Waals surface area contributed by atoms with E-state index in [0.717, 1.165) is 22.4 Å². The minimum atomic E-state index is -0.360. The smallest absolute Gasteiger partial charge is 0.274 e. The van der Waals surface area contributed by atoms with Crippen molar-refractivity contribution in [2.75, 3.05) is 5.32 Å². The van der Waals surface area contributed by atoms with E-state index in [2.05, 4.69) is 15.6 Å². The minimum Gasteiger partial charge on any atom is -0.347 e. The van der Waals surface area contributed by atoms with Crippen molar-refractivity contribution in [3.8, 4) is 0 Å². The second kappa shape index (κ2) is 8.67. The van der Waals surface area contributed by atoms with Crippen LogP contribution in [-0.2, 0) is 6.54 Å². The van der Waals surface area contributed by atoms with Gasteiger partial charge in [0.2, 0.25) is 0 Å². The molecule has 0 aliphatic rings. The topological polar surface area (TPSA) is 71.1 Å². The Hall–Kier alpha value is -3.18. The molecule has 5 nitrogen and oxygen atoms in total. The van der Waals surface area contributed by atoms with E-state index < -0.39 is 0 Å². The number of carbonyl (C=O) groups is 2. The minimum absolute atomic E-state index is 0.181. The van der Waals surface area contributed by atoms with E-state index in [0.29, 0.717) is 11.6 Å². The highest BCUT2D eigenvalue weighted by Gasteiger charge is 2.13. The number of hydrogen-bond acceptors (Lipinski definition) is 3. The van der Waals surface area contributed by atoms with Crippen LogP contribution >= 0.6 is 11.6 Å². The van der Waals surface area contributed by atoms with Crippen molar-refractivity contribution in [2.45, 2.75) is 20.4 Å². The van der Waals surface area contributed by atoms with Crippen LogP contribution < -0.4 is 10.6 Å². The van der Waals surface area contributed by atoms with Gasteiger partial charge >= 0.3 is 0 Å². The first-order valence-corrected chi connectivity index (χ1v) is 9.19. The number of pyridine rings is 1. The summed E-state index contributed by atoms with van der Waals surface area (Å²) in [5.74, 6) is -0.711. The van der Waals surface area contributed by atoms with Crippen molar-refractivity contribution in [1.82, 2.24) is 10.3 Å². The van der Waals surface area contributed by atoms with Gasteiger partial charge in [-0.3, -0.25) is 9.59 Å². The lowest BCUT2D eigenvalue weighted by atomic mass is 10.1. The van der Waals surface area contributed by atoms with Crippen LogP contribution in [0.25, 0.3) is 0 Å². The standard InChI is InChI=1S/C22H20ClN3O2/c1-14-5-3-6-18(15(14)2)26-22(28)20-8-4-7-19(25-20)21(27)24-13-16-9-11-17(23)12-10-16/h3-12H,13H2,1-2H3,(H,24,27)(H,26,28). The zero-order chi connectivity index (χ0) is 20.1. The second-order valence-corrected chi connectivity index (χ2v) is 6.86. The Morgan fingerprint density at radius 2 is 1.54 bits per heavy atom. The lowest BCUT2D eigenvalue weighted by Gasteiger charge is -2.10. The molecule has 0 saturated heterocycles. The highest BCUT2D eigenvalue weighted by Crippen LogP contribution is 2.18. The van der Waals surface area contributed by atoms with Gasteiger partial charge in [-0.15, -0.1) is 0 Å². The quantitative estimate of drug-likeness (QED) is 0.668. The van der Waals surface area contributed by atoms with E-state index >= 15 is 0 Å². The van der Waals surface area contributed by atoms with Crippen molar-refractivity contribution >= 4 is 29.1 Å². The van der Waals surface area contributed by atoms with Crippen molar-refractivity contribution in [3.63, 3.8) is 0 Å². The monoisotopic (exact) mass is 393 g/mol. The van der Waals surface area contributed by atoms with Crippen LogP contribution in [0, 0.1) is 13.8 Å². The van der Waals surface area contributed by atoms with E-state index in [1.165, 1.54) is 0 Å². The number of rotatable bonds is 5. The number of hydrogen-bond donors (Lipinski definition) is 2. The fourth-order valence-corrected chi connectivity index (χ4v) is 2.76. The zero-order valence-corrected chi connectivity index (χ0v) is 16.4. The normalized spacial score (nSPS) is 10.4. The molecule has 6 heteroatoms. The third-order valence-corrected chi connectivity index (χ3v) is 4.69. The van der Waals surface area contributed by atoms with E-state index in [4.69, 9.17) is 11.6 Å². The molecule has 1 heterocycles. The number of halogens is 1. The summed E-state index contributed by atoms with van der Waals surface area (Å²) in [6, 6.07) is 17.7. The van der Waals surface area contributed by atoms with E-state index in [9.17, 15) is 9.59 Å². The predicted molar refractivity (Wildman–Crippen MR) is 111 cm³/mol. The summed E-state index contributed by atoms with van der Waals surface area (Å²) in [5, 5.41) is 6.28. The lowest BCUT2D eigenvalue weighted by Crippen LogP contribution is -2.25. The number of nitrogens with one attached hydrogen (secondary N) is 2. The molecule has 0 bridgehead atoms. The van der Waals surface area contributed by atoms with Crippen molar-refractivity contribution in [2.24, 2.45) is 0 Å². The van der Waals surface area contributed by atoms with Crippen LogP contribution in [0.15, 0.2) is 60.7 Å². The largest absolute Gasteiger partial charge is 0.347 e. The van der Waals surface area contributed by atoms with Crippen LogP contribution in [0.5, 0.6) is 0 Å². The van der Waals surface area contributed by atoms with Crippen molar-refractivity contribution < 1.29 is 9.59 Å². The van der Waals surface area contributed by atoms with E-state index in [1.807, 2.05) is 44.2 Å². The molecule has 0 aliphatic carbocycles. The molecule has 0 saturated carbocycles. The van der Waals surface area contributed by atoms with Gasteiger partial charge < -0.3 is 10.6 Å². The van der Waals surface area contributed by atoms with Crippen LogP contribution in [-0.4, -0.2) is 16.8 Å². The molecule has 3 rings (SSSR count). The molecule has 0 unspecified atom stereocenters. The van der Waals surface area contributed by atoms with Gasteiger partial charge in [-0.25, -0.2) is 4.98 Å². The summed E-state index contributed by atoms with van der Waals surface area (Å²) in [7, 11) is 0. The highest BCUT2D eigenvalue weighted by molar-refractivity contribution is 6.30. The Balaban J connectivity index is 1.68. The van der Waals surface area contributed by atoms with Gasteiger partial charge in [-0.1, -0.05) is 41.9 Å². The predicted octanol–water partition coefficient (Wildman–Crippen LogP) is 4.53. The molecule has 0 spiro atoms. The molecule has 0 fully saturated rings. The Morgan fingerprint density at radius 3 is 2.25 bits per heavy atom. The highest BCUT2D eigenvalue weighted by atomic mass is 35.5. The van der Waals surface area contributed by atoms with Crippen molar-refractivity contribution in [3.05, 3.63) is 93.8 Å². The first kappa shape index (κ1) is 19.6. The fourth-order valence-electron chi connectivity index (χ4n) is 2.64. The molecule has 2 N–H and O–H groups in total. The molecular formula is C22H20ClN3O2. The second-order valence-electron chi connectivity index (χ2n) is 6.42. The maximum atomic E-state index is 12.5. The van der Waals surface area contributed by atoms with Crippen LogP contribution in [0.4, 0.5) is 5.69 Å². The molecule has 0 radical (unpaired) electrons. The van der Waals surface area contributed by atoms with Gasteiger partial charge in [0.05, 0.1) is 0 Å². The van der Waals surface area contributed by atoms with Crippen LogP contribution in [0.1, 0.15) is 37.7 Å². The molecule has 2 aromatic carbocycles. The molecule has 3 aromatic rings. The Labute approximate surface area is 168 Å². The number of benzene rings is 2. The first-order chi connectivity index (χ1) is 13.4. The number of aryl methyl sites for hydroxylation is 1. The summed E-state index contributed by atoms with van der Waals surface area (Å²) >= 11 is 5.86. The first-order valence-electron chi connectivity index (χ1n) is 8.81. The number of nitrogens with zero attached hydrogens (tertiary/aromatic N) is 1. The van der Waals surface area contributed by atoms with Gasteiger partial charge in [0.25, 0.3) is 11.8 Å². The van der Waals surface area contributed by atoms with E-state index in [-0.39, 0.29) is 23.2 Å². The third-order valence-electron chi connectivity index (χ3n) is 4.43. The number of carbonyl (C=O) groups excluding carboxylic acids is 2. The van der Waals surface area contributed by atoms with Gasteiger partial charge in [0.15, 0.2) is 0 Å². The van der Waals surface area contributed by atoms with Gasteiger partial charge in [-0.2, -0.15) is 0 Å². The van der Waals surface area contributed by atoms with Crippen LogP contribution in [0.2, 0.25) is 5.02 Å². The zero-order valence-electron chi connectivity index (χ0n) is 15.6. The Bertz CT molecular complexity index is 1020. The van der Waals surface area contributed by atoms with Gasteiger partial charge in [0.1, 0.15) is 11.4 Å². The maximum Gasteiger partial charge on any atom is 0.274 e. The molecule has 28 heavy (non-hydrogen) atoms. The van der Waals surface area contributed by atoms with Crippen molar-refractivity contribution in [1.29, 1.82) is 0 Å². The summed E-state index contributed by atoms with van der Waals surface area (Å²) in [5.41, 5.74) is 4.09. The molecule has 2 amide bonds. The Morgan fingerprint density at radius 1 is 0.893 bits per heavy atom. The number of aromatic nitrogens is 1. The third kappa shape index (κ3) is 4.75. The average molecular weight is 394 g/mol. The Kier molecular flexibility index (Phi) is 6.06.